The number of hydrogen-bond donors (Lipinski definition) is 2. The zero-order valence-corrected chi connectivity index (χ0v) is 16.8. The number of sulfonamides is 1. The van der Waals surface area contributed by atoms with Crippen molar-refractivity contribution in [3.63, 3.8) is 0 Å². The molecule has 6 nitrogen and oxygen atoms in total. The summed E-state index contributed by atoms with van der Waals surface area (Å²) in [6, 6.07) is 21.9. The summed E-state index contributed by atoms with van der Waals surface area (Å²) >= 11 is 0. The molecule has 0 aliphatic carbocycles. The number of hydrogen-bond acceptors (Lipinski definition) is 4. The number of aromatic nitrogens is 1. The molecule has 7 heteroatoms. The van der Waals surface area contributed by atoms with Gasteiger partial charge in [0.05, 0.1) is 14.2 Å². The van der Waals surface area contributed by atoms with Gasteiger partial charge in [-0.05, 0) is 36.4 Å². The van der Waals surface area contributed by atoms with Gasteiger partial charge >= 0.3 is 0 Å². The van der Waals surface area contributed by atoms with E-state index in [1.807, 2.05) is 42.5 Å². The molecule has 0 spiro atoms. The Balaban J connectivity index is 1.69. The number of H-pyrrole nitrogens is 1. The van der Waals surface area contributed by atoms with E-state index in [4.69, 9.17) is 9.47 Å². The van der Waals surface area contributed by atoms with E-state index >= 15 is 0 Å². The molecule has 29 heavy (non-hydrogen) atoms. The third-order valence-electron chi connectivity index (χ3n) is 4.62. The second-order valence-corrected chi connectivity index (χ2v) is 8.12. The van der Waals surface area contributed by atoms with Crippen LogP contribution in [0.5, 0.6) is 11.5 Å². The van der Waals surface area contributed by atoms with Gasteiger partial charge in [-0.2, -0.15) is 0 Å². The van der Waals surface area contributed by atoms with Gasteiger partial charge in [0.1, 0.15) is 16.4 Å². The lowest BCUT2D eigenvalue weighted by Crippen LogP contribution is -2.14. The average molecular weight is 408 g/mol. The molecule has 0 bridgehead atoms. The van der Waals surface area contributed by atoms with Gasteiger partial charge in [0, 0.05) is 33.9 Å². The lowest BCUT2D eigenvalue weighted by molar-refractivity contribution is 0.392. The molecule has 1 aromatic heterocycles. The van der Waals surface area contributed by atoms with Gasteiger partial charge in [-0.1, -0.05) is 30.3 Å². The van der Waals surface area contributed by atoms with Gasteiger partial charge in [-0.3, -0.25) is 4.72 Å². The second kappa shape index (κ2) is 7.52. The number of para-hydroxylation sites is 1. The Morgan fingerprint density at radius 2 is 1.69 bits per heavy atom. The minimum atomic E-state index is -3.88. The van der Waals surface area contributed by atoms with Crippen molar-refractivity contribution in [1.82, 2.24) is 4.98 Å². The molecule has 4 aromatic rings. The lowest BCUT2D eigenvalue weighted by atomic mass is 10.1. The maximum Gasteiger partial charge on any atom is 0.265 e. The maximum atomic E-state index is 13.0. The molecule has 0 unspecified atom stereocenters. The van der Waals surface area contributed by atoms with Crippen LogP contribution in [0.2, 0.25) is 0 Å². The number of fused-ring (bicyclic) bond motifs is 1. The molecule has 0 aliphatic heterocycles. The predicted octanol–water partition coefficient (Wildman–Crippen LogP) is 4.65. The standard InChI is InChI=1S/C22H20N2O4S/c1-27-18-10-11-21(28-2)22(14-18)29(25,26)24-17-8-5-7-15(12-17)20-13-16-6-3-4-9-19(16)23-20/h3-14,23-24H,1-2H3. The van der Waals surface area contributed by atoms with Crippen LogP contribution < -0.4 is 14.2 Å². The van der Waals surface area contributed by atoms with E-state index in [1.165, 1.54) is 20.3 Å². The van der Waals surface area contributed by atoms with E-state index in [1.54, 1.807) is 24.3 Å². The SMILES string of the molecule is COc1ccc(OC)c(S(=O)(=O)Nc2cccc(-c3cc4ccccc4[nH]3)c2)c1. The van der Waals surface area contributed by atoms with E-state index in [0.29, 0.717) is 11.4 Å². The van der Waals surface area contributed by atoms with Crippen molar-refractivity contribution in [2.45, 2.75) is 4.90 Å². The fourth-order valence-electron chi connectivity index (χ4n) is 3.18. The predicted molar refractivity (Wildman–Crippen MR) is 114 cm³/mol. The molecule has 0 fully saturated rings. The number of methoxy groups -OCH3 is 2. The van der Waals surface area contributed by atoms with E-state index in [2.05, 4.69) is 9.71 Å². The summed E-state index contributed by atoms with van der Waals surface area (Å²) in [6.45, 7) is 0. The van der Waals surface area contributed by atoms with Gasteiger partial charge in [0.25, 0.3) is 10.0 Å². The summed E-state index contributed by atoms with van der Waals surface area (Å²) in [4.78, 5) is 3.36. The molecule has 0 aliphatic rings. The van der Waals surface area contributed by atoms with E-state index in [-0.39, 0.29) is 10.6 Å². The molecule has 148 valence electrons. The van der Waals surface area contributed by atoms with Crippen LogP contribution in [-0.2, 0) is 10.0 Å². The molecule has 0 saturated heterocycles. The molecule has 0 radical (unpaired) electrons. The Morgan fingerprint density at radius 3 is 2.45 bits per heavy atom. The molecule has 0 atom stereocenters. The van der Waals surface area contributed by atoms with Gasteiger partial charge in [-0.25, -0.2) is 8.42 Å². The number of rotatable bonds is 6. The summed E-state index contributed by atoms with van der Waals surface area (Å²) in [5.41, 5.74) is 3.26. The van der Waals surface area contributed by atoms with E-state index in [0.717, 1.165) is 22.2 Å². The molecule has 0 saturated carbocycles. The van der Waals surface area contributed by atoms with Crippen molar-refractivity contribution in [1.29, 1.82) is 0 Å². The van der Waals surface area contributed by atoms with Crippen molar-refractivity contribution in [2.75, 3.05) is 18.9 Å². The van der Waals surface area contributed by atoms with Crippen molar-refractivity contribution in [3.8, 4) is 22.8 Å². The highest BCUT2D eigenvalue weighted by molar-refractivity contribution is 7.92. The normalized spacial score (nSPS) is 11.4. The Kier molecular flexibility index (Phi) is 4.90. The topological polar surface area (TPSA) is 80.4 Å². The van der Waals surface area contributed by atoms with Gasteiger partial charge in [0.2, 0.25) is 0 Å². The first-order valence-corrected chi connectivity index (χ1v) is 10.4. The van der Waals surface area contributed by atoms with E-state index < -0.39 is 10.0 Å². The summed E-state index contributed by atoms with van der Waals surface area (Å²) < 4.78 is 39.0. The van der Waals surface area contributed by atoms with Crippen LogP contribution in [-0.4, -0.2) is 27.6 Å². The van der Waals surface area contributed by atoms with Crippen LogP contribution in [0.1, 0.15) is 0 Å². The quantitative estimate of drug-likeness (QED) is 0.487. The Labute approximate surface area is 169 Å². The van der Waals surface area contributed by atoms with Gasteiger partial charge in [0.15, 0.2) is 0 Å². The fraction of sp³-hybridized carbons (Fsp3) is 0.0909. The van der Waals surface area contributed by atoms with Crippen LogP contribution in [0.15, 0.2) is 77.7 Å². The highest BCUT2D eigenvalue weighted by Gasteiger charge is 2.21. The third-order valence-corrected chi connectivity index (χ3v) is 6.02. The largest absolute Gasteiger partial charge is 0.497 e. The number of ether oxygens (including phenoxy) is 2. The van der Waals surface area contributed by atoms with Crippen LogP contribution >= 0.6 is 0 Å². The van der Waals surface area contributed by atoms with Crippen LogP contribution in [0.25, 0.3) is 22.2 Å². The second-order valence-electron chi connectivity index (χ2n) is 6.47. The lowest BCUT2D eigenvalue weighted by Gasteiger charge is -2.13. The number of anilines is 1. The Morgan fingerprint density at radius 1 is 0.862 bits per heavy atom. The molecule has 2 N–H and O–H groups in total. The summed E-state index contributed by atoms with van der Waals surface area (Å²) in [5.74, 6) is 0.670. The van der Waals surface area contributed by atoms with Crippen LogP contribution in [0, 0.1) is 0 Å². The average Bonchev–Trinajstić information content (AvgIpc) is 3.17. The number of nitrogens with one attached hydrogen (secondary N) is 2. The summed E-state index contributed by atoms with van der Waals surface area (Å²) in [6.07, 6.45) is 0. The summed E-state index contributed by atoms with van der Waals surface area (Å²) in [5, 5.41) is 1.09. The first-order chi connectivity index (χ1) is 14.0. The minimum absolute atomic E-state index is 0.00960. The smallest absolute Gasteiger partial charge is 0.265 e. The first kappa shape index (κ1) is 18.9. The Hall–Kier alpha value is -3.45. The van der Waals surface area contributed by atoms with Gasteiger partial charge in [-0.15, -0.1) is 0 Å². The number of benzene rings is 3. The highest BCUT2D eigenvalue weighted by atomic mass is 32.2. The monoisotopic (exact) mass is 408 g/mol. The van der Waals surface area contributed by atoms with Crippen LogP contribution in [0.3, 0.4) is 0 Å². The molecular formula is C22H20N2O4S. The molecular weight excluding hydrogens is 388 g/mol. The molecule has 4 rings (SSSR count). The molecule has 1 heterocycles. The zero-order valence-electron chi connectivity index (χ0n) is 16.0. The van der Waals surface area contributed by atoms with Crippen molar-refractivity contribution >= 4 is 26.6 Å². The Bertz CT molecular complexity index is 1250. The third kappa shape index (κ3) is 3.77. The minimum Gasteiger partial charge on any atom is -0.497 e. The maximum absolute atomic E-state index is 13.0. The fourth-order valence-corrected chi connectivity index (χ4v) is 4.42. The number of aromatic amines is 1. The highest BCUT2D eigenvalue weighted by Crippen LogP contribution is 2.31. The van der Waals surface area contributed by atoms with E-state index in [9.17, 15) is 8.42 Å². The van der Waals surface area contributed by atoms with Crippen molar-refractivity contribution < 1.29 is 17.9 Å². The molecule has 0 amide bonds. The van der Waals surface area contributed by atoms with Crippen LogP contribution in [0.4, 0.5) is 5.69 Å². The summed E-state index contributed by atoms with van der Waals surface area (Å²) in [7, 11) is -0.968. The first-order valence-electron chi connectivity index (χ1n) is 8.93. The molecule has 3 aromatic carbocycles. The van der Waals surface area contributed by atoms with Crippen molar-refractivity contribution in [2.24, 2.45) is 0 Å². The van der Waals surface area contributed by atoms with Crippen molar-refractivity contribution in [3.05, 3.63) is 72.8 Å². The zero-order chi connectivity index (χ0) is 20.4. The van der Waals surface area contributed by atoms with Gasteiger partial charge < -0.3 is 14.5 Å².